The summed E-state index contributed by atoms with van der Waals surface area (Å²) in [6.07, 6.45) is 3.97. The molecule has 532 valence electrons. The summed E-state index contributed by atoms with van der Waals surface area (Å²) in [6, 6.07) is -5.34. The van der Waals surface area contributed by atoms with Gasteiger partial charge in [0.25, 0.3) is 0 Å². The first-order valence-corrected chi connectivity index (χ1v) is 31.9. The van der Waals surface area contributed by atoms with Crippen LogP contribution >= 0.6 is 0 Å². The molecule has 33 nitrogen and oxygen atoms in total. The summed E-state index contributed by atoms with van der Waals surface area (Å²) in [5.74, 6) is -9.90. The Morgan fingerprint density at radius 2 is 0.656 bits per heavy atom. The molecule has 29 N–H and O–H groups in total. The Kier molecular flexibility index (Phi) is 46.8. The third-order valence-electron chi connectivity index (χ3n) is 15.0. The zero-order chi connectivity index (χ0) is 71.3. The molecule has 0 aliphatic rings. The molecule has 0 saturated heterocycles. The minimum absolute atomic E-state index is 0.0816. The van der Waals surface area contributed by atoms with E-state index in [9.17, 15) is 63.0 Å². The number of aliphatic hydroxyl groups excluding tert-OH is 2. The Labute approximate surface area is 547 Å². The predicted octanol–water partition coefficient (Wildman–Crippen LogP) is -4.01. The van der Waals surface area contributed by atoms with Gasteiger partial charge in [-0.05, 0) is 129 Å². The van der Waals surface area contributed by atoms with Gasteiger partial charge in [0, 0.05) is 70.6 Å². The molecule has 0 saturated carbocycles. The van der Waals surface area contributed by atoms with E-state index in [4.69, 9.17) is 63.1 Å². The number of rotatable bonds is 51. The largest absolute Gasteiger partial charge is 0.396 e. The van der Waals surface area contributed by atoms with Gasteiger partial charge < -0.3 is 99.9 Å². The van der Waals surface area contributed by atoms with Crippen molar-refractivity contribution in [2.24, 2.45) is 119 Å². The van der Waals surface area contributed by atoms with Gasteiger partial charge in [0.05, 0.1) is 61.3 Å². The first kappa shape index (κ1) is 87.3. The summed E-state index contributed by atoms with van der Waals surface area (Å²) < 4.78 is 0. The second-order valence-corrected chi connectivity index (χ2v) is 23.9. The van der Waals surface area contributed by atoms with Gasteiger partial charge in [-0.15, -0.1) is 0 Å². The van der Waals surface area contributed by atoms with E-state index in [1.807, 2.05) is 0 Å². The van der Waals surface area contributed by atoms with Gasteiger partial charge in [-0.2, -0.15) is 0 Å². The average molecular weight is 1320 g/mol. The van der Waals surface area contributed by atoms with Crippen LogP contribution in [0.4, 0.5) is 0 Å². The number of carbonyl (C=O) groups excluding carboxylic acids is 11. The van der Waals surface area contributed by atoms with Gasteiger partial charge in [0.15, 0.2) is 58.5 Å². The molecule has 0 rings (SSSR count). The van der Waals surface area contributed by atoms with E-state index in [2.05, 4.69) is 46.6 Å². The second-order valence-electron chi connectivity index (χ2n) is 23.9. The van der Waals surface area contributed by atoms with Crippen LogP contribution in [0.15, 0.2) is 20.0 Å². The first-order valence-electron chi connectivity index (χ1n) is 31.9. The van der Waals surface area contributed by atoms with Crippen molar-refractivity contribution in [1.29, 1.82) is 0 Å². The second kappa shape index (κ2) is 49.8. The summed E-state index contributed by atoms with van der Waals surface area (Å²) in [7, 11) is 0. The van der Waals surface area contributed by atoms with E-state index >= 15 is 0 Å². The Balaban J connectivity index is 0. The summed E-state index contributed by atoms with van der Waals surface area (Å²) in [6.45, 7) is 11.4. The van der Waals surface area contributed by atoms with E-state index in [1.165, 1.54) is 20.8 Å². The van der Waals surface area contributed by atoms with Crippen molar-refractivity contribution in [2.45, 2.75) is 200 Å². The van der Waals surface area contributed by atoms with Crippen LogP contribution in [0.1, 0.15) is 164 Å². The molecular formula is C60H114N20O13. The number of hydrogen-bond acceptors (Lipinski definition) is 20. The lowest BCUT2D eigenvalue weighted by molar-refractivity contribution is -0.136. The summed E-state index contributed by atoms with van der Waals surface area (Å²) in [4.78, 5) is 158. The van der Waals surface area contributed by atoms with Crippen molar-refractivity contribution in [3.8, 4) is 0 Å². The molecule has 0 aliphatic heterocycles. The normalized spacial score (nSPS) is 14.2. The molecule has 0 bridgehead atoms. The fourth-order valence-corrected chi connectivity index (χ4v) is 9.48. The molecule has 0 radical (unpaired) electrons. The zero-order valence-corrected chi connectivity index (χ0v) is 55.8. The number of nitrogens with one attached hydrogen (secondary N) is 5. The van der Waals surface area contributed by atoms with Crippen molar-refractivity contribution in [3.63, 3.8) is 0 Å². The molecule has 0 aromatic rings. The maximum absolute atomic E-state index is 13.7. The van der Waals surface area contributed by atoms with Gasteiger partial charge >= 0.3 is 0 Å². The number of hydrogen-bond donors (Lipinski definition) is 18. The number of aliphatic hydroxyl groups is 2. The summed E-state index contributed by atoms with van der Waals surface area (Å²) >= 11 is 0. The minimum atomic E-state index is -1.17. The van der Waals surface area contributed by atoms with Crippen molar-refractivity contribution in [1.82, 2.24) is 26.6 Å². The van der Waals surface area contributed by atoms with Crippen LogP contribution in [0.25, 0.3) is 0 Å². The maximum atomic E-state index is 13.7. The predicted molar refractivity (Wildman–Crippen MR) is 356 cm³/mol. The molecule has 0 unspecified atom stereocenters. The highest BCUT2D eigenvalue weighted by molar-refractivity contribution is 5.97. The molecule has 93 heavy (non-hydrogen) atoms. The number of unbranched alkanes of at least 4 members (excludes halogenated alkanes) is 2. The molecular weight excluding hydrogens is 1210 g/mol. The molecule has 0 aromatic carbocycles. The number of aliphatic imine (C=N–C) groups is 4. The molecule has 0 aromatic heterocycles. The van der Waals surface area contributed by atoms with Crippen molar-refractivity contribution >= 4 is 88.1 Å². The average Bonchev–Trinajstić information content (AvgIpc) is 1.01. The topological polar surface area (TPSA) is 624 Å². The number of Topliss-reactive ketones (excluding diaryl/α,β-unsaturated/α-hetero) is 6. The van der Waals surface area contributed by atoms with E-state index < -0.39 is 120 Å². The van der Waals surface area contributed by atoms with Crippen LogP contribution < -0.4 is 89.7 Å². The van der Waals surface area contributed by atoms with Crippen LogP contribution in [0.3, 0.4) is 0 Å². The van der Waals surface area contributed by atoms with E-state index in [-0.39, 0.29) is 143 Å². The Hall–Kier alpha value is -7.75. The number of nitrogens with two attached hydrogens (primary N) is 11. The van der Waals surface area contributed by atoms with Crippen LogP contribution in [0.5, 0.6) is 0 Å². The monoisotopic (exact) mass is 1320 g/mol. The third-order valence-corrected chi connectivity index (χ3v) is 15.0. The zero-order valence-electron chi connectivity index (χ0n) is 55.8. The standard InChI is InChI=1S/C31H58N10O7.C29H56N10O6/c1-18(2)27(39-20(4)44)26(46)16-22(17-42)29(48)41-24(10-5-6-12-32)25(45)15-21(9-7-13-37-30(33)34)28(47)40-23(19(3)43)11-8-14-38-31(35)36;1-17(2)25(31)24(43)15-20(16-40)27(45)39-22(9-4-5-11-30)23(42)14-19(8-6-12-36-28(32)33)26(44)38-21(18(3)41)10-7-13-37-29(34)35/h18,21-24,27,42H,5-17,32H2,1-4H3,(H,39,44)(H,40,47)(H,41,48)(H4,33,34,37)(H4,35,36,38);17,19-22,25,40H,4-16,30-31H2,1-3H3,(H,38,44)(H,39,45)(H4,32,33,36)(H4,34,35,37)/t21-,22+,23+,24+,27+;19-,20+,21+,22+,25+/m11/s1. The van der Waals surface area contributed by atoms with Gasteiger partial charge in [-0.3, -0.25) is 72.7 Å². The van der Waals surface area contributed by atoms with E-state index in [1.54, 1.807) is 27.7 Å². The highest BCUT2D eigenvalue weighted by atomic mass is 16.3. The molecule has 0 aliphatic carbocycles. The van der Waals surface area contributed by atoms with Crippen LogP contribution in [-0.4, -0.2) is 187 Å². The Morgan fingerprint density at radius 3 is 0.935 bits per heavy atom. The lowest BCUT2D eigenvalue weighted by Gasteiger charge is -2.25. The Bertz CT molecular complexity index is 2460. The van der Waals surface area contributed by atoms with Crippen LogP contribution in [0.2, 0.25) is 0 Å². The number of guanidine groups is 4. The SMILES string of the molecule is CC(=O)N[C@H](C(=O)C[C@@H](CO)C(=O)N[C@@H](CCCCN)C(=O)C[C@@H](CCCN=C(N)N)C(=O)N[C@@H](CCCN=C(N)N)C(C)=O)C(C)C.CC(=O)[C@H](CCCN=C(N)N)NC(=O)[C@H](CCCN=C(N)N)CC(=O)[C@H](CCCCN)NC(=O)[C@H](CO)CC(=O)[C@@H](N)C(C)C. The lowest BCUT2D eigenvalue weighted by atomic mass is 9.90. The molecule has 0 spiro atoms. The fourth-order valence-electron chi connectivity index (χ4n) is 9.48. The molecule has 0 fully saturated rings. The number of ketones is 6. The molecule has 10 atom stereocenters. The summed E-state index contributed by atoms with van der Waals surface area (Å²) in [5.41, 5.74) is 60.2. The minimum Gasteiger partial charge on any atom is -0.396 e. The van der Waals surface area contributed by atoms with Gasteiger partial charge in [-0.1, -0.05) is 27.7 Å². The highest BCUT2D eigenvalue weighted by Crippen LogP contribution is 2.21. The van der Waals surface area contributed by atoms with Crippen molar-refractivity contribution in [2.75, 3.05) is 52.5 Å². The van der Waals surface area contributed by atoms with E-state index in [0.717, 1.165) is 0 Å². The summed E-state index contributed by atoms with van der Waals surface area (Å²) in [5, 5.41) is 33.2. The number of amides is 5. The maximum Gasteiger partial charge on any atom is 0.226 e. The number of nitrogens with zero attached hydrogens (tertiary/aromatic N) is 4. The quantitative estimate of drug-likeness (QED) is 0.0157. The molecule has 5 amide bonds. The Morgan fingerprint density at radius 1 is 0.366 bits per heavy atom. The van der Waals surface area contributed by atoms with Gasteiger partial charge in [-0.25, -0.2) is 0 Å². The van der Waals surface area contributed by atoms with Crippen LogP contribution in [-0.2, 0) is 52.7 Å². The van der Waals surface area contributed by atoms with E-state index in [0.29, 0.717) is 64.5 Å². The van der Waals surface area contributed by atoms with Gasteiger partial charge in [0.1, 0.15) is 0 Å². The first-order chi connectivity index (χ1) is 43.7. The lowest BCUT2D eigenvalue weighted by Crippen LogP contribution is -2.49. The number of carbonyl (C=O) groups is 11. The fraction of sp³-hybridized carbons (Fsp3) is 0.750. The van der Waals surface area contributed by atoms with Crippen molar-refractivity contribution in [3.05, 3.63) is 0 Å². The van der Waals surface area contributed by atoms with Crippen LogP contribution in [0, 0.1) is 35.5 Å². The smallest absolute Gasteiger partial charge is 0.226 e. The molecule has 33 heteroatoms. The third kappa shape index (κ3) is 40.8. The molecule has 0 heterocycles. The highest BCUT2D eigenvalue weighted by Gasteiger charge is 2.35. The van der Waals surface area contributed by atoms with Crippen molar-refractivity contribution < 1.29 is 63.0 Å². The van der Waals surface area contributed by atoms with Gasteiger partial charge in [0.2, 0.25) is 29.5 Å².